The van der Waals surface area contributed by atoms with Crippen molar-refractivity contribution in [2.45, 2.75) is 13.3 Å². The standard InChI is InChI=1S/C7H9ClO/c1-2-3-4-7(8)5-6-9/h2-4,6H,5H2,1H3/b3-2-,7-4+. The van der Waals surface area contributed by atoms with Crippen LogP contribution in [0.3, 0.4) is 0 Å². The smallest absolute Gasteiger partial charge is 0.125 e. The second-order valence-corrected chi connectivity index (χ2v) is 2.00. The van der Waals surface area contributed by atoms with Gasteiger partial charge in [-0.05, 0) is 13.0 Å². The SMILES string of the molecule is C/C=C\C=C(\Cl)CC=O. The van der Waals surface area contributed by atoms with E-state index >= 15 is 0 Å². The van der Waals surface area contributed by atoms with Crippen LogP contribution in [0.2, 0.25) is 0 Å². The first kappa shape index (κ1) is 8.44. The molecule has 0 aromatic rings. The second-order valence-electron chi connectivity index (χ2n) is 1.51. The summed E-state index contributed by atoms with van der Waals surface area (Å²) in [6.07, 6.45) is 6.45. The molecule has 0 N–H and O–H groups in total. The summed E-state index contributed by atoms with van der Waals surface area (Å²) in [6.45, 7) is 1.89. The van der Waals surface area contributed by atoms with Crippen molar-refractivity contribution >= 4 is 17.9 Å². The fourth-order valence-electron chi connectivity index (χ4n) is 0.348. The van der Waals surface area contributed by atoms with E-state index in [4.69, 9.17) is 11.6 Å². The highest BCUT2D eigenvalue weighted by Gasteiger charge is 1.84. The van der Waals surface area contributed by atoms with E-state index in [0.717, 1.165) is 6.29 Å². The summed E-state index contributed by atoms with van der Waals surface area (Å²) in [5, 5.41) is 0.572. The number of hydrogen-bond acceptors (Lipinski definition) is 1. The van der Waals surface area contributed by atoms with Crippen LogP contribution in [0, 0.1) is 0 Å². The van der Waals surface area contributed by atoms with Gasteiger partial charge in [-0.25, -0.2) is 0 Å². The van der Waals surface area contributed by atoms with Crippen LogP contribution in [-0.2, 0) is 4.79 Å². The molecule has 0 saturated carbocycles. The van der Waals surface area contributed by atoms with Gasteiger partial charge in [-0.15, -0.1) is 0 Å². The van der Waals surface area contributed by atoms with Crippen molar-refractivity contribution in [3.63, 3.8) is 0 Å². The van der Waals surface area contributed by atoms with Gasteiger partial charge in [0.05, 0.1) is 0 Å². The Kier molecular flexibility index (Phi) is 5.23. The quantitative estimate of drug-likeness (QED) is 0.439. The summed E-state index contributed by atoms with van der Waals surface area (Å²) in [6, 6.07) is 0. The van der Waals surface area contributed by atoms with E-state index in [1.807, 2.05) is 13.0 Å². The molecule has 0 atom stereocenters. The van der Waals surface area contributed by atoms with Gasteiger partial charge in [0.1, 0.15) is 6.29 Å². The van der Waals surface area contributed by atoms with Crippen molar-refractivity contribution < 1.29 is 4.79 Å². The molecule has 0 fully saturated rings. The van der Waals surface area contributed by atoms with Crippen molar-refractivity contribution in [1.29, 1.82) is 0 Å². The first-order valence-corrected chi connectivity index (χ1v) is 3.10. The van der Waals surface area contributed by atoms with Crippen LogP contribution in [-0.4, -0.2) is 6.29 Å². The molecule has 0 spiro atoms. The predicted octanol–water partition coefficient (Wildman–Crippen LogP) is 2.27. The fraction of sp³-hybridized carbons (Fsp3) is 0.286. The zero-order valence-corrected chi connectivity index (χ0v) is 6.06. The first-order chi connectivity index (χ1) is 4.31. The van der Waals surface area contributed by atoms with E-state index in [1.165, 1.54) is 0 Å². The molecule has 0 amide bonds. The van der Waals surface area contributed by atoms with E-state index in [9.17, 15) is 4.79 Å². The summed E-state index contributed by atoms with van der Waals surface area (Å²) in [5.41, 5.74) is 0. The monoisotopic (exact) mass is 144 g/mol. The Morgan fingerprint density at radius 3 is 2.78 bits per heavy atom. The summed E-state index contributed by atoms with van der Waals surface area (Å²) < 4.78 is 0. The Balaban J connectivity index is 3.68. The number of halogens is 1. The number of carbonyl (C=O) groups is 1. The van der Waals surface area contributed by atoms with Crippen LogP contribution in [0.4, 0.5) is 0 Å². The zero-order chi connectivity index (χ0) is 7.11. The van der Waals surface area contributed by atoms with E-state index < -0.39 is 0 Å². The molecule has 9 heavy (non-hydrogen) atoms. The first-order valence-electron chi connectivity index (χ1n) is 2.72. The zero-order valence-electron chi connectivity index (χ0n) is 5.30. The lowest BCUT2D eigenvalue weighted by molar-refractivity contribution is -0.107. The minimum atomic E-state index is 0.311. The predicted molar refractivity (Wildman–Crippen MR) is 39.4 cm³/mol. The maximum absolute atomic E-state index is 9.83. The Hall–Kier alpha value is -0.560. The highest BCUT2D eigenvalue weighted by Crippen LogP contribution is 2.03. The lowest BCUT2D eigenvalue weighted by Gasteiger charge is -1.83. The minimum Gasteiger partial charge on any atom is -0.303 e. The van der Waals surface area contributed by atoms with E-state index in [0.29, 0.717) is 11.5 Å². The summed E-state index contributed by atoms with van der Waals surface area (Å²) in [4.78, 5) is 9.83. The normalized spacial score (nSPS) is 12.4. The van der Waals surface area contributed by atoms with Gasteiger partial charge in [-0.1, -0.05) is 23.8 Å². The van der Waals surface area contributed by atoms with Crippen molar-refractivity contribution in [2.24, 2.45) is 0 Å². The number of carbonyl (C=O) groups excluding carboxylic acids is 1. The van der Waals surface area contributed by atoms with Crippen molar-refractivity contribution in [3.8, 4) is 0 Å². The van der Waals surface area contributed by atoms with Gasteiger partial charge in [0.25, 0.3) is 0 Å². The number of allylic oxidation sites excluding steroid dienone is 4. The summed E-state index contributed by atoms with van der Waals surface area (Å²) >= 11 is 5.54. The van der Waals surface area contributed by atoms with Crippen molar-refractivity contribution in [1.82, 2.24) is 0 Å². The Labute approximate surface area is 60.0 Å². The lowest BCUT2D eigenvalue weighted by atomic mass is 10.4. The second kappa shape index (κ2) is 5.57. The average Bonchev–Trinajstić information content (AvgIpc) is 1.85. The van der Waals surface area contributed by atoms with Crippen LogP contribution < -0.4 is 0 Å². The summed E-state index contributed by atoms with van der Waals surface area (Å²) in [5.74, 6) is 0. The van der Waals surface area contributed by atoms with Gasteiger partial charge in [0, 0.05) is 11.5 Å². The lowest BCUT2D eigenvalue weighted by Crippen LogP contribution is -1.71. The fourth-order valence-corrected chi connectivity index (χ4v) is 0.484. The molecular weight excluding hydrogens is 136 g/mol. The topological polar surface area (TPSA) is 17.1 Å². The molecule has 0 radical (unpaired) electrons. The maximum atomic E-state index is 9.83. The molecule has 2 heteroatoms. The molecule has 0 bridgehead atoms. The number of aldehydes is 1. The van der Waals surface area contributed by atoms with Gasteiger partial charge in [-0.3, -0.25) is 0 Å². The Morgan fingerprint density at radius 1 is 1.67 bits per heavy atom. The molecule has 0 aliphatic heterocycles. The Morgan fingerprint density at radius 2 is 2.33 bits per heavy atom. The molecule has 0 rings (SSSR count). The van der Waals surface area contributed by atoms with Crippen LogP contribution in [0.25, 0.3) is 0 Å². The molecular formula is C7H9ClO. The van der Waals surface area contributed by atoms with Crippen LogP contribution >= 0.6 is 11.6 Å². The van der Waals surface area contributed by atoms with Gasteiger partial charge in [0.2, 0.25) is 0 Å². The van der Waals surface area contributed by atoms with Gasteiger partial charge in [-0.2, -0.15) is 0 Å². The third kappa shape index (κ3) is 5.31. The molecule has 0 aliphatic rings. The molecule has 50 valence electrons. The number of hydrogen-bond donors (Lipinski definition) is 0. The minimum absolute atomic E-state index is 0.311. The van der Waals surface area contributed by atoms with Gasteiger partial charge < -0.3 is 4.79 Å². The Bertz CT molecular complexity index is 136. The van der Waals surface area contributed by atoms with Crippen LogP contribution in [0.5, 0.6) is 0 Å². The molecule has 0 aromatic heterocycles. The van der Waals surface area contributed by atoms with Gasteiger partial charge >= 0.3 is 0 Å². The maximum Gasteiger partial charge on any atom is 0.125 e. The third-order valence-corrected chi connectivity index (χ3v) is 1.03. The van der Waals surface area contributed by atoms with Crippen LogP contribution in [0.1, 0.15) is 13.3 Å². The molecule has 0 heterocycles. The highest BCUT2D eigenvalue weighted by atomic mass is 35.5. The highest BCUT2D eigenvalue weighted by molar-refractivity contribution is 6.30. The van der Waals surface area contributed by atoms with E-state index in [-0.39, 0.29) is 0 Å². The van der Waals surface area contributed by atoms with Crippen molar-refractivity contribution in [3.05, 3.63) is 23.3 Å². The molecule has 0 saturated heterocycles. The van der Waals surface area contributed by atoms with Crippen LogP contribution in [0.15, 0.2) is 23.3 Å². The average molecular weight is 145 g/mol. The molecule has 0 aliphatic carbocycles. The van der Waals surface area contributed by atoms with Gasteiger partial charge in [0.15, 0.2) is 0 Å². The third-order valence-electron chi connectivity index (χ3n) is 0.748. The molecule has 1 nitrogen and oxygen atoms in total. The van der Waals surface area contributed by atoms with E-state index in [2.05, 4.69) is 0 Å². The van der Waals surface area contributed by atoms with Crippen molar-refractivity contribution in [2.75, 3.05) is 0 Å². The largest absolute Gasteiger partial charge is 0.303 e. The number of rotatable bonds is 3. The summed E-state index contributed by atoms with van der Waals surface area (Å²) in [7, 11) is 0. The molecule has 0 unspecified atom stereocenters. The van der Waals surface area contributed by atoms with E-state index in [1.54, 1.807) is 12.2 Å². The molecule has 0 aromatic carbocycles.